The van der Waals surface area contributed by atoms with Gasteiger partial charge < -0.3 is 5.32 Å². The molecule has 0 saturated heterocycles. The van der Waals surface area contributed by atoms with Gasteiger partial charge in [-0.1, -0.05) is 26.5 Å². The van der Waals surface area contributed by atoms with Gasteiger partial charge >= 0.3 is 0 Å². The molecule has 0 aromatic heterocycles. The second kappa shape index (κ2) is 8.95. The summed E-state index contributed by atoms with van der Waals surface area (Å²) in [5.74, 6) is -0.0504. The minimum atomic E-state index is -0.0504. The highest BCUT2D eigenvalue weighted by Gasteiger charge is 1.87. The minimum Gasteiger partial charge on any atom is -0.330 e. The largest absolute Gasteiger partial charge is 0.330 e. The maximum Gasteiger partial charge on any atom is 0.220 e. The molecule has 0 aromatic rings. The van der Waals surface area contributed by atoms with E-state index in [0.717, 1.165) is 5.70 Å². The third-order valence-corrected chi connectivity index (χ3v) is 0.741. The van der Waals surface area contributed by atoms with Crippen LogP contribution in [0.1, 0.15) is 27.7 Å². The molecule has 0 spiro atoms. The monoisotopic (exact) mass is 155 g/mol. The highest BCUT2D eigenvalue weighted by Crippen LogP contribution is 1.84. The van der Waals surface area contributed by atoms with Crippen molar-refractivity contribution < 1.29 is 4.79 Å². The highest BCUT2D eigenvalue weighted by molar-refractivity contribution is 5.74. The predicted octanol–water partition coefficient (Wildman–Crippen LogP) is 2.24. The second-order valence-electron chi connectivity index (χ2n) is 1.77. The van der Waals surface area contributed by atoms with E-state index in [4.69, 9.17) is 0 Å². The second-order valence-corrected chi connectivity index (χ2v) is 1.77. The third kappa shape index (κ3) is 12.2. The average molecular weight is 155 g/mol. The molecule has 1 amide bonds. The van der Waals surface area contributed by atoms with Gasteiger partial charge in [0, 0.05) is 12.6 Å². The van der Waals surface area contributed by atoms with E-state index in [1.54, 1.807) is 12.2 Å². The Labute approximate surface area is 69.0 Å². The Morgan fingerprint density at radius 3 is 2.09 bits per heavy atom. The van der Waals surface area contributed by atoms with Crippen molar-refractivity contribution in [2.75, 3.05) is 0 Å². The normalized spacial score (nSPS) is 9.27. The van der Waals surface area contributed by atoms with Gasteiger partial charge in [-0.2, -0.15) is 0 Å². The van der Waals surface area contributed by atoms with Gasteiger partial charge in [-0.15, -0.1) is 0 Å². The zero-order chi connectivity index (χ0) is 9.28. The van der Waals surface area contributed by atoms with Crippen LogP contribution >= 0.6 is 0 Å². The number of nitrogens with one attached hydrogen (secondary N) is 1. The summed E-state index contributed by atoms with van der Waals surface area (Å²) in [6.45, 7) is 10.8. The lowest BCUT2D eigenvalue weighted by molar-refractivity contribution is -0.118. The van der Waals surface area contributed by atoms with Crippen molar-refractivity contribution in [3.05, 3.63) is 24.4 Å². The van der Waals surface area contributed by atoms with Crippen LogP contribution in [-0.4, -0.2) is 5.91 Å². The first-order valence-corrected chi connectivity index (χ1v) is 3.73. The zero-order valence-corrected chi connectivity index (χ0v) is 7.77. The molecule has 0 atom stereocenters. The quantitative estimate of drug-likeness (QED) is 0.609. The van der Waals surface area contributed by atoms with E-state index in [-0.39, 0.29) is 5.91 Å². The summed E-state index contributed by atoms with van der Waals surface area (Å²) in [4.78, 5) is 10.3. The molecule has 0 unspecified atom stereocenters. The molecule has 1 N–H and O–H groups in total. The Balaban J connectivity index is 0. The number of allylic oxidation sites excluding steroid dienone is 3. The molecule has 0 rings (SSSR count). The summed E-state index contributed by atoms with van der Waals surface area (Å²) in [7, 11) is 0. The van der Waals surface area contributed by atoms with Gasteiger partial charge in [-0.3, -0.25) is 4.79 Å². The summed E-state index contributed by atoms with van der Waals surface area (Å²) < 4.78 is 0. The molecule has 0 heterocycles. The number of hydrogen-bond acceptors (Lipinski definition) is 1. The summed E-state index contributed by atoms with van der Waals surface area (Å²) in [6.07, 6.45) is 3.37. The smallest absolute Gasteiger partial charge is 0.220 e. The van der Waals surface area contributed by atoms with Crippen LogP contribution < -0.4 is 5.32 Å². The van der Waals surface area contributed by atoms with Gasteiger partial charge in [0.05, 0.1) is 0 Å². The number of rotatable bonds is 2. The van der Waals surface area contributed by atoms with Crippen LogP contribution in [0.25, 0.3) is 0 Å². The molecule has 64 valence electrons. The lowest BCUT2D eigenvalue weighted by Crippen LogP contribution is -2.16. The van der Waals surface area contributed by atoms with Gasteiger partial charge in [0.15, 0.2) is 0 Å². The average Bonchev–Trinajstić information content (AvgIpc) is 1.91. The lowest BCUT2D eigenvalue weighted by atomic mass is 10.4. The van der Waals surface area contributed by atoms with Crippen molar-refractivity contribution in [1.82, 2.24) is 5.32 Å². The highest BCUT2D eigenvalue weighted by atomic mass is 16.1. The van der Waals surface area contributed by atoms with E-state index in [9.17, 15) is 4.79 Å². The number of hydrogen-bond donors (Lipinski definition) is 1. The third-order valence-electron chi connectivity index (χ3n) is 0.741. The van der Waals surface area contributed by atoms with E-state index in [2.05, 4.69) is 11.9 Å². The maximum absolute atomic E-state index is 10.3. The Bertz CT molecular complexity index is 148. The van der Waals surface area contributed by atoms with Crippen LogP contribution in [0.4, 0.5) is 0 Å². The predicted molar refractivity (Wildman–Crippen MR) is 49.1 cm³/mol. The fourth-order valence-corrected chi connectivity index (χ4v) is 0.496. The van der Waals surface area contributed by atoms with Crippen LogP contribution in [0.2, 0.25) is 0 Å². The molecule has 0 aliphatic rings. The molecule has 0 saturated carbocycles. The van der Waals surface area contributed by atoms with Crippen molar-refractivity contribution >= 4 is 5.91 Å². The Kier molecular flexibility index (Phi) is 10.3. The Hall–Kier alpha value is -1.05. The van der Waals surface area contributed by atoms with Crippen molar-refractivity contribution in [3.63, 3.8) is 0 Å². The molecule has 0 aliphatic carbocycles. The summed E-state index contributed by atoms with van der Waals surface area (Å²) in [5.41, 5.74) is 0.817. The molecule has 2 heteroatoms. The van der Waals surface area contributed by atoms with Gasteiger partial charge in [0.1, 0.15) is 0 Å². The number of carbonyl (C=O) groups excluding carboxylic acids is 1. The molecule has 0 aliphatic heterocycles. The fourth-order valence-electron chi connectivity index (χ4n) is 0.496. The van der Waals surface area contributed by atoms with E-state index in [1.165, 1.54) is 6.92 Å². The van der Waals surface area contributed by atoms with E-state index < -0.39 is 0 Å². The van der Waals surface area contributed by atoms with E-state index in [0.29, 0.717) is 0 Å². The topological polar surface area (TPSA) is 29.1 Å². The molecular weight excluding hydrogens is 138 g/mol. The molecular formula is C9H17NO. The summed E-state index contributed by atoms with van der Waals surface area (Å²) in [5, 5.41) is 2.59. The van der Waals surface area contributed by atoms with Crippen molar-refractivity contribution in [3.8, 4) is 0 Å². The van der Waals surface area contributed by atoms with Gasteiger partial charge in [-0.05, 0) is 13.0 Å². The first-order valence-electron chi connectivity index (χ1n) is 3.73. The lowest BCUT2D eigenvalue weighted by Gasteiger charge is -1.97. The van der Waals surface area contributed by atoms with Gasteiger partial charge in [0.2, 0.25) is 5.91 Å². The number of amides is 1. The molecule has 0 aromatic carbocycles. The van der Waals surface area contributed by atoms with Crippen molar-refractivity contribution in [1.29, 1.82) is 0 Å². The first kappa shape index (κ1) is 12.6. The number of carbonyl (C=O) groups is 1. The molecule has 0 radical (unpaired) electrons. The SMILES string of the molecule is C=C/C=C(/C)NC(C)=O.CC. The van der Waals surface area contributed by atoms with Gasteiger partial charge in [-0.25, -0.2) is 0 Å². The van der Waals surface area contributed by atoms with Crippen molar-refractivity contribution in [2.24, 2.45) is 0 Å². The fraction of sp³-hybridized carbons (Fsp3) is 0.444. The Morgan fingerprint density at radius 1 is 1.36 bits per heavy atom. The van der Waals surface area contributed by atoms with Crippen LogP contribution in [0.15, 0.2) is 24.4 Å². The molecule has 0 bridgehead atoms. The summed E-state index contributed by atoms with van der Waals surface area (Å²) in [6, 6.07) is 0. The van der Waals surface area contributed by atoms with Gasteiger partial charge in [0.25, 0.3) is 0 Å². The van der Waals surface area contributed by atoms with Crippen LogP contribution in [0.3, 0.4) is 0 Å². The minimum absolute atomic E-state index is 0.0504. The maximum atomic E-state index is 10.3. The van der Waals surface area contributed by atoms with Crippen molar-refractivity contribution in [2.45, 2.75) is 27.7 Å². The zero-order valence-electron chi connectivity index (χ0n) is 7.77. The molecule has 0 fully saturated rings. The van der Waals surface area contributed by atoms with E-state index >= 15 is 0 Å². The molecule has 2 nitrogen and oxygen atoms in total. The Morgan fingerprint density at radius 2 is 1.82 bits per heavy atom. The van der Waals surface area contributed by atoms with E-state index in [1.807, 2.05) is 20.8 Å². The molecule has 11 heavy (non-hydrogen) atoms. The van der Waals surface area contributed by atoms with Crippen LogP contribution in [0.5, 0.6) is 0 Å². The summed E-state index contributed by atoms with van der Waals surface area (Å²) >= 11 is 0. The van der Waals surface area contributed by atoms with Crippen LogP contribution in [-0.2, 0) is 4.79 Å². The standard InChI is InChI=1S/C7H11NO.C2H6/c1-4-5-6(2)8-7(3)9;1-2/h4-5H,1H2,2-3H3,(H,8,9);1-2H3/b6-5-;. The van der Waals surface area contributed by atoms with Crippen LogP contribution in [0, 0.1) is 0 Å². The first-order chi connectivity index (χ1) is 5.16.